The van der Waals surface area contributed by atoms with Crippen molar-refractivity contribution in [2.24, 2.45) is 5.92 Å². The van der Waals surface area contributed by atoms with Crippen molar-refractivity contribution in [1.82, 2.24) is 15.5 Å². The molecule has 3 amide bonds. The van der Waals surface area contributed by atoms with Crippen molar-refractivity contribution in [3.63, 3.8) is 0 Å². The Hall–Kier alpha value is -3.28. The average Bonchev–Trinajstić information content (AvgIpc) is 2.72. The number of alkyl carbamates (subject to hydrolysis) is 1. The van der Waals surface area contributed by atoms with E-state index >= 15 is 0 Å². The van der Waals surface area contributed by atoms with Crippen molar-refractivity contribution in [1.29, 1.82) is 5.26 Å². The normalized spacial score (nSPS) is 16.3. The predicted molar refractivity (Wildman–Crippen MR) is 108 cm³/mol. The maximum atomic E-state index is 12.8. The number of piperidine rings is 1. The maximum Gasteiger partial charge on any atom is 0.408 e. The molecule has 1 aromatic carbocycles. The van der Waals surface area contributed by atoms with Gasteiger partial charge in [-0.3, -0.25) is 4.79 Å². The molecule has 0 bridgehead atoms. The second kappa shape index (κ2) is 10.5. The molecule has 0 aliphatic carbocycles. The maximum absolute atomic E-state index is 12.8. The Morgan fingerprint density at radius 2 is 1.87 bits per heavy atom. The Morgan fingerprint density at radius 1 is 1.23 bits per heavy atom. The third-order valence-corrected chi connectivity index (χ3v) is 4.97. The molecule has 1 fully saturated rings. The van der Waals surface area contributed by atoms with Crippen molar-refractivity contribution in [3.8, 4) is 6.07 Å². The van der Waals surface area contributed by atoms with Crippen LogP contribution in [0.3, 0.4) is 0 Å². The fraction of sp³-hybridized carbons (Fsp3) is 0.524. The molecule has 1 saturated heterocycles. The van der Waals surface area contributed by atoms with E-state index < -0.39 is 29.7 Å². The molecule has 162 valence electrons. The standard InChI is InChI=1S/C21H28N4O5/c1-15(2)12-17(30-19(27)23-13-16-6-4-3-5-7-16)18(26)24-21(14-22)8-10-25(11-9-21)20(28)29/h3-7,15,17H,8-13H2,1-2H3,(H,23,27)(H,24,26)(H,28,29). The van der Waals surface area contributed by atoms with E-state index in [2.05, 4.69) is 16.7 Å². The van der Waals surface area contributed by atoms with Crippen molar-refractivity contribution in [2.75, 3.05) is 13.1 Å². The number of carboxylic acid groups (broad SMARTS) is 1. The lowest BCUT2D eigenvalue weighted by Crippen LogP contribution is -2.57. The minimum Gasteiger partial charge on any atom is -0.465 e. The van der Waals surface area contributed by atoms with Crippen LogP contribution < -0.4 is 10.6 Å². The predicted octanol–water partition coefficient (Wildman–Crippen LogP) is 2.48. The monoisotopic (exact) mass is 416 g/mol. The zero-order chi connectivity index (χ0) is 22.1. The highest BCUT2D eigenvalue weighted by Crippen LogP contribution is 2.23. The van der Waals surface area contributed by atoms with Gasteiger partial charge in [-0.25, -0.2) is 9.59 Å². The van der Waals surface area contributed by atoms with Crippen LogP contribution in [0.5, 0.6) is 0 Å². The van der Waals surface area contributed by atoms with Gasteiger partial charge in [0.25, 0.3) is 5.91 Å². The second-order valence-electron chi connectivity index (χ2n) is 7.82. The first kappa shape index (κ1) is 23.0. The number of likely N-dealkylation sites (tertiary alicyclic amines) is 1. The molecule has 0 aromatic heterocycles. The first-order valence-electron chi connectivity index (χ1n) is 9.94. The second-order valence-corrected chi connectivity index (χ2v) is 7.82. The van der Waals surface area contributed by atoms with Crippen LogP contribution in [0.4, 0.5) is 9.59 Å². The molecule has 0 radical (unpaired) electrons. The summed E-state index contributed by atoms with van der Waals surface area (Å²) in [4.78, 5) is 37.4. The summed E-state index contributed by atoms with van der Waals surface area (Å²) in [7, 11) is 0. The lowest BCUT2D eigenvalue weighted by atomic mass is 9.88. The number of carbonyl (C=O) groups is 3. The highest BCUT2D eigenvalue weighted by molar-refractivity contribution is 5.84. The molecule has 0 saturated carbocycles. The van der Waals surface area contributed by atoms with E-state index in [4.69, 9.17) is 9.84 Å². The molecule has 1 aromatic rings. The Balaban J connectivity index is 1.97. The van der Waals surface area contributed by atoms with E-state index in [0.29, 0.717) is 6.42 Å². The molecule has 1 aliphatic heterocycles. The molecule has 9 nitrogen and oxygen atoms in total. The number of hydrogen-bond donors (Lipinski definition) is 3. The molecular weight excluding hydrogens is 388 g/mol. The molecule has 30 heavy (non-hydrogen) atoms. The van der Waals surface area contributed by atoms with Crippen molar-refractivity contribution in [2.45, 2.75) is 51.3 Å². The van der Waals surface area contributed by atoms with Crippen LogP contribution in [0.15, 0.2) is 30.3 Å². The van der Waals surface area contributed by atoms with E-state index in [1.807, 2.05) is 44.2 Å². The Kier molecular flexibility index (Phi) is 8.04. The van der Waals surface area contributed by atoms with Crippen LogP contribution in [0.1, 0.15) is 38.7 Å². The van der Waals surface area contributed by atoms with Gasteiger partial charge in [0.1, 0.15) is 5.54 Å². The average molecular weight is 416 g/mol. The first-order valence-corrected chi connectivity index (χ1v) is 9.94. The van der Waals surface area contributed by atoms with E-state index in [1.54, 1.807) is 0 Å². The van der Waals surface area contributed by atoms with Gasteiger partial charge in [-0.15, -0.1) is 0 Å². The summed E-state index contributed by atoms with van der Waals surface area (Å²) in [5, 5.41) is 24.0. The number of carbonyl (C=O) groups excluding carboxylic acids is 2. The lowest BCUT2D eigenvalue weighted by molar-refractivity contribution is -0.132. The van der Waals surface area contributed by atoms with Gasteiger partial charge < -0.3 is 25.4 Å². The number of ether oxygens (including phenoxy) is 1. The summed E-state index contributed by atoms with van der Waals surface area (Å²) in [6.07, 6.45) is -2.17. The van der Waals surface area contributed by atoms with E-state index in [1.165, 1.54) is 4.90 Å². The van der Waals surface area contributed by atoms with Crippen molar-refractivity contribution >= 4 is 18.1 Å². The SMILES string of the molecule is CC(C)CC(OC(=O)NCc1ccccc1)C(=O)NC1(C#N)CCN(C(=O)O)CC1. The van der Waals surface area contributed by atoms with E-state index in [-0.39, 0.29) is 38.4 Å². The minimum atomic E-state index is -1.18. The van der Waals surface area contributed by atoms with Gasteiger partial charge >= 0.3 is 12.2 Å². The topological polar surface area (TPSA) is 132 Å². The molecule has 3 N–H and O–H groups in total. The third-order valence-electron chi connectivity index (χ3n) is 4.97. The minimum absolute atomic E-state index is 0.0783. The van der Waals surface area contributed by atoms with E-state index in [9.17, 15) is 19.6 Å². The Labute approximate surface area is 176 Å². The van der Waals surface area contributed by atoms with Gasteiger partial charge in [0.15, 0.2) is 6.10 Å². The lowest BCUT2D eigenvalue weighted by Gasteiger charge is -2.37. The number of amides is 3. The largest absolute Gasteiger partial charge is 0.465 e. The molecule has 9 heteroatoms. The smallest absolute Gasteiger partial charge is 0.408 e. The summed E-state index contributed by atoms with van der Waals surface area (Å²) in [5.74, 6) is -0.474. The van der Waals surface area contributed by atoms with Gasteiger partial charge in [-0.1, -0.05) is 44.2 Å². The van der Waals surface area contributed by atoms with Gasteiger partial charge in [0.2, 0.25) is 0 Å². The van der Waals surface area contributed by atoms with Crippen LogP contribution >= 0.6 is 0 Å². The highest BCUT2D eigenvalue weighted by atomic mass is 16.6. The highest BCUT2D eigenvalue weighted by Gasteiger charge is 2.39. The van der Waals surface area contributed by atoms with Gasteiger partial charge in [0, 0.05) is 32.5 Å². The van der Waals surface area contributed by atoms with E-state index in [0.717, 1.165) is 5.56 Å². The summed E-state index contributed by atoms with van der Waals surface area (Å²) in [6, 6.07) is 11.4. The van der Waals surface area contributed by atoms with Crippen LogP contribution in [0, 0.1) is 17.2 Å². The number of benzene rings is 1. The molecule has 1 unspecified atom stereocenters. The van der Waals surface area contributed by atoms with Gasteiger partial charge in [-0.2, -0.15) is 5.26 Å². The molecule has 1 atom stereocenters. The quantitative estimate of drug-likeness (QED) is 0.626. The number of rotatable bonds is 7. The first-order chi connectivity index (χ1) is 14.2. The number of nitrogens with one attached hydrogen (secondary N) is 2. The van der Waals surface area contributed by atoms with Crippen LogP contribution in [0.25, 0.3) is 0 Å². The number of nitriles is 1. The Morgan fingerprint density at radius 3 is 2.40 bits per heavy atom. The summed E-state index contributed by atoms with van der Waals surface area (Å²) < 4.78 is 5.36. The summed E-state index contributed by atoms with van der Waals surface area (Å²) in [5.41, 5.74) is -0.282. The fourth-order valence-corrected chi connectivity index (χ4v) is 3.24. The van der Waals surface area contributed by atoms with Gasteiger partial charge in [-0.05, 0) is 17.9 Å². The molecule has 2 rings (SSSR count). The van der Waals surface area contributed by atoms with Crippen molar-refractivity contribution in [3.05, 3.63) is 35.9 Å². The van der Waals surface area contributed by atoms with Crippen LogP contribution in [0.2, 0.25) is 0 Å². The molecule has 1 heterocycles. The molecule has 0 spiro atoms. The summed E-state index contributed by atoms with van der Waals surface area (Å²) >= 11 is 0. The molecular formula is C21H28N4O5. The number of nitrogens with zero attached hydrogens (tertiary/aromatic N) is 2. The van der Waals surface area contributed by atoms with Crippen molar-refractivity contribution < 1.29 is 24.2 Å². The van der Waals surface area contributed by atoms with Crippen LogP contribution in [-0.4, -0.2) is 52.8 Å². The third kappa shape index (κ3) is 6.65. The number of hydrogen-bond acceptors (Lipinski definition) is 5. The summed E-state index contributed by atoms with van der Waals surface area (Å²) in [6.45, 7) is 4.36. The zero-order valence-corrected chi connectivity index (χ0v) is 17.3. The van der Waals surface area contributed by atoms with Gasteiger partial charge in [0.05, 0.1) is 6.07 Å². The molecule has 1 aliphatic rings. The Bertz CT molecular complexity index is 782. The van der Waals surface area contributed by atoms with Crippen LogP contribution in [-0.2, 0) is 16.1 Å². The zero-order valence-electron chi connectivity index (χ0n) is 17.3. The fourth-order valence-electron chi connectivity index (χ4n) is 3.24.